The van der Waals surface area contributed by atoms with Gasteiger partial charge in [0.05, 0.1) is 20.3 Å². The van der Waals surface area contributed by atoms with Crippen molar-refractivity contribution < 1.29 is 19.0 Å². The first-order valence-corrected chi connectivity index (χ1v) is 7.69. The highest BCUT2D eigenvalue weighted by Crippen LogP contribution is 2.26. The lowest BCUT2D eigenvalue weighted by molar-refractivity contribution is 0.222. The van der Waals surface area contributed by atoms with Crippen LogP contribution in [0.15, 0.2) is 42.5 Å². The number of nitrogens with one attached hydrogen (secondary N) is 2. The zero-order valence-electron chi connectivity index (χ0n) is 13.7. The van der Waals surface area contributed by atoms with Crippen molar-refractivity contribution in [1.82, 2.24) is 5.32 Å². The molecule has 2 N–H and O–H groups in total. The van der Waals surface area contributed by atoms with E-state index in [4.69, 9.17) is 14.2 Å². The first kappa shape index (κ1) is 16.0. The van der Waals surface area contributed by atoms with Crippen molar-refractivity contribution in [3.05, 3.63) is 48.0 Å². The molecule has 0 radical (unpaired) electrons. The fourth-order valence-electron chi connectivity index (χ4n) is 2.65. The van der Waals surface area contributed by atoms with Crippen LogP contribution >= 0.6 is 0 Å². The smallest absolute Gasteiger partial charge is 0.319 e. The Labute approximate surface area is 140 Å². The monoisotopic (exact) mass is 328 g/mol. The molecule has 1 aliphatic heterocycles. The summed E-state index contributed by atoms with van der Waals surface area (Å²) in [6.45, 7) is 0.450. The Morgan fingerprint density at radius 3 is 2.54 bits per heavy atom. The molecule has 1 heterocycles. The summed E-state index contributed by atoms with van der Waals surface area (Å²) >= 11 is 0. The molecule has 2 aromatic carbocycles. The molecule has 24 heavy (non-hydrogen) atoms. The van der Waals surface area contributed by atoms with Gasteiger partial charge in [-0.05, 0) is 18.1 Å². The van der Waals surface area contributed by atoms with Crippen molar-refractivity contribution in [1.29, 1.82) is 0 Å². The van der Waals surface area contributed by atoms with E-state index in [2.05, 4.69) is 10.6 Å². The quantitative estimate of drug-likeness (QED) is 0.905. The summed E-state index contributed by atoms with van der Waals surface area (Å²) < 4.78 is 16.1. The Morgan fingerprint density at radius 2 is 1.83 bits per heavy atom. The lowest BCUT2D eigenvalue weighted by Gasteiger charge is -2.26. The lowest BCUT2D eigenvalue weighted by Crippen LogP contribution is -2.44. The van der Waals surface area contributed by atoms with Crippen LogP contribution < -0.4 is 24.8 Å². The molecular weight excluding hydrogens is 308 g/mol. The van der Waals surface area contributed by atoms with Gasteiger partial charge in [0.15, 0.2) is 0 Å². The number of urea groups is 1. The number of rotatable bonds is 4. The average molecular weight is 328 g/mol. The van der Waals surface area contributed by atoms with Crippen LogP contribution in [0, 0.1) is 0 Å². The summed E-state index contributed by atoms with van der Waals surface area (Å²) in [5, 5.41) is 5.72. The van der Waals surface area contributed by atoms with E-state index < -0.39 is 0 Å². The molecule has 0 unspecified atom stereocenters. The van der Waals surface area contributed by atoms with Crippen LogP contribution in [0.25, 0.3) is 0 Å². The molecule has 1 atom stereocenters. The van der Waals surface area contributed by atoms with Crippen LogP contribution in [0.5, 0.6) is 17.2 Å². The lowest BCUT2D eigenvalue weighted by atomic mass is 10.0. The topological polar surface area (TPSA) is 68.8 Å². The van der Waals surface area contributed by atoms with E-state index in [1.165, 1.54) is 0 Å². The number of amides is 2. The normalized spacial score (nSPS) is 15.7. The number of ether oxygens (including phenoxy) is 3. The summed E-state index contributed by atoms with van der Waals surface area (Å²) in [5.41, 5.74) is 1.69. The molecule has 0 fully saturated rings. The molecule has 0 aromatic heterocycles. The van der Waals surface area contributed by atoms with Crippen molar-refractivity contribution in [3.8, 4) is 17.2 Å². The number of hydrogen-bond donors (Lipinski definition) is 2. The fraction of sp³-hybridized carbons (Fsp3) is 0.278. The van der Waals surface area contributed by atoms with E-state index in [9.17, 15) is 4.79 Å². The molecular formula is C18H20N2O4. The molecule has 3 rings (SSSR count). The standard InChI is InChI=1S/C18H20N2O4/c1-22-15-8-13(9-16(10-15)23-2)19-18(21)20-14-7-12-5-3-4-6-17(12)24-11-14/h3-6,8-10,14H,7,11H2,1-2H3,(H2,19,20,21)/t14-/m1/s1. The van der Waals surface area contributed by atoms with Crippen LogP contribution in [-0.2, 0) is 6.42 Å². The molecule has 126 valence electrons. The molecule has 0 saturated heterocycles. The minimum absolute atomic E-state index is 0.0765. The van der Waals surface area contributed by atoms with Crippen LogP contribution in [0.2, 0.25) is 0 Å². The Hall–Kier alpha value is -2.89. The van der Waals surface area contributed by atoms with E-state index in [-0.39, 0.29) is 12.1 Å². The molecule has 2 amide bonds. The highest BCUT2D eigenvalue weighted by Gasteiger charge is 2.21. The summed E-state index contributed by atoms with van der Waals surface area (Å²) in [7, 11) is 3.13. The highest BCUT2D eigenvalue weighted by atomic mass is 16.5. The van der Waals surface area contributed by atoms with Gasteiger partial charge < -0.3 is 24.8 Å². The van der Waals surface area contributed by atoms with Crippen molar-refractivity contribution in [3.63, 3.8) is 0 Å². The first-order valence-electron chi connectivity index (χ1n) is 7.69. The minimum atomic E-state index is -0.293. The number of hydrogen-bond acceptors (Lipinski definition) is 4. The summed E-state index contributed by atoms with van der Waals surface area (Å²) in [6.07, 6.45) is 0.741. The summed E-state index contributed by atoms with van der Waals surface area (Å²) in [4.78, 5) is 12.2. The summed E-state index contributed by atoms with van der Waals surface area (Å²) in [5.74, 6) is 2.10. The Morgan fingerprint density at radius 1 is 1.12 bits per heavy atom. The van der Waals surface area contributed by atoms with Gasteiger partial charge in [0.2, 0.25) is 0 Å². The number of para-hydroxylation sites is 1. The SMILES string of the molecule is COc1cc(NC(=O)N[C@H]2COc3ccccc3C2)cc(OC)c1. The fourth-order valence-corrected chi connectivity index (χ4v) is 2.65. The zero-order chi connectivity index (χ0) is 16.9. The molecule has 6 nitrogen and oxygen atoms in total. The van der Waals surface area contributed by atoms with E-state index in [0.29, 0.717) is 23.8 Å². The second-order valence-electron chi connectivity index (χ2n) is 5.52. The van der Waals surface area contributed by atoms with Gasteiger partial charge in [0, 0.05) is 23.9 Å². The molecule has 0 bridgehead atoms. The van der Waals surface area contributed by atoms with Crippen molar-refractivity contribution in [2.45, 2.75) is 12.5 Å². The van der Waals surface area contributed by atoms with Crippen LogP contribution in [0.4, 0.5) is 10.5 Å². The minimum Gasteiger partial charge on any atom is -0.497 e. The largest absolute Gasteiger partial charge is 0.497 e. The Bertz CT molecular complexity index is 710. The Balaban J connectivity index is 1.62. The van der Waals surface area contributed by atoms with Gasteiger partial charge in [-0.1, -0.05) is 18.2 Å². The van der Waals surface area contributed by atoms with Gasteiger partial charge in [-0.2, -0.15) is 0 Å². The van der Waals surface area contributed by atoms with Gasteiger partial charge in [0.25, 0.3) is 0 Å². The number of fused-ring (bicyclic) bond motifs is 1. The van der Waals surface area contributed by atoms with Gasteiger partial charge in [-0.3, -0.25) is 0 Å². The number of methoxy groups -OCH3 is 2. The van der Waals surface area contributed by atoms with E-state index >= 15 is 0 Å². The molecule has 0 spiro atoms. The predicted molar refractivity (Wildman–Crippen MR) is 91.1 cm³/mol. The predicted octanol–water partition coefficient (Wildman–Crippen LogP) is 2.83. The highest BCUT2D eigenvalue weighted by molar-refractivity contribution is 5.90. The maximum atomic E-state index is 12.2. The molecule has 2 aromatic rings. The van der Waals surface area contributed by atoms with Crippen LogP contribution in [0.3, 0.4) is 0 Å². The second-order valence-corrected chi connectivity index (χ2v) is 5.52. The van der Waals surface area contributed by atoms with Gasteiger partial charge >= 0.3 is 6.03 Å². The number of carbonyl (C=O) groups excluding carboxylic acids is 1. The van der Waals surface area contributed by atoms with E-state index in [1.807, 2.05) is 24.3 Å². The van der Waals surface area contributed by atoms with Crippen molar-refractivity contribution >= 4 is 11.7 Å². The summed E-state index contributed by atoms with van der Waals surface area (Å²) in [6, 6.07) is 12.7. The van der Waals surface area contributed by atoms with E-state index in [1.54, 1.807) is 32.4 Å². The van der Waals surface area contributed by atoms with Crippen LogP contribution in [-0.4, -0.2) is 32.9 Å². The number of anilines is 1. The molecule has 1 aliphatic rings. The third-order valence-electron chi connectivity index (χ3n) is 3.82. The third-order valence-corrected chi connectivity index (χ3v) is 3.82. The van der Waals surface area contributed by atoms with Gasteiger partial charge in [-0.15, -0.1) is 0 Å². The molecule has 0 saturated carbocycles. The van der Waals surface area contributed by atoms with Crippen molar-refractivity contribution in [2.75, 3.05) is 26.1 Å². The Kier molecular flexibility index (Phi) is 4.74. The maximum absolute atomic E-state index is 12.2. The second kappa shape index (κ2) is 7.12. The average Bonchev–Trinajstić information content (AvgIpc) is 2.61. The molecule has 0 aliphatic carbocycles. The maximum Gasteiger partial charge on any atom is 0.319 e. The van der Waals surface area contributed by atoms with Gasteiger partial charge in [-0.25, -0.2) is 4.79 Å². The number of benzene rings is 2. The third kappa shape index (κ3) is 3.71. The number of carbonyl (C=O) groups is 1. The molecule has 6 heteroatoms. The van der Waals surface area contributed by atoms with Gasteiger partial charge in [0.1, 0.15) is 23.9 Å². The van der Waals surface area contributed by atoms with Crippen molar-refractivity contribution in [2.24, 2.45) is 0 Å². The van der Waals surface area contributed by atoms with Crippen LogP contribution in [0.1, 0.15) is 5.56 Å². The zero-order valence-corrected chi connectivity index (χ0v) is 13.7. The first-order chi connectivity index (χ1) is 11.7. The van der Waals surface area contributed by atoms with E-state index in [0.717, 1.165) is 17.7 Å².